The molecule has 3 rings (SSSR count). The second-order valence-corrected chi connectivity index (χ2v) is 5.97. The summed E-state index contributed by atoms with van der Waals surface area (Å²) in [6, 6.07) is 7.01. The van der Waals surface area contributed by atoms with E-state index in [-0.39, 0.29) is 30.6 Å². The van der Waals surface area contributed by atoms with E-state index in [9.17, 15) is 9.59 Å². The predicted molar refractivity (Wildman–Crippen MR) is 81.4 cm³/mol. The smallest absolute Gasteiger partial charge is 0.322 e. The van der Waals surface area contributed by atoms with E-state index in [0.29, 0.717) is 10.7 Å². The number of carbonyl (C=O) groups excluding carboxylic acids is 2. The van der Waals surface area contributed by atoms with Crippen molar-refractivity contribution in [2.24, 2.45) is 0 Å². The van der Waals surface area contributed by atoms with Crippen molar-refractivity contribution in [3.8, 4) is 0 Å². The van der Waals surface area contributed by atoms with Gasteiger partial charge in [0.2, 0.25) is 5.91 Å². The van der Waals surface area contributed by atoms with Crippen LogP contribution in [0, 0.1) is 0 Å². The van der Waals surface area contributed by atoms with Crippen LogP contribution in [0.1, 0.15) is 25.7 Å². The third-order valence-electron chi connectivity index (χ3n) is 4.17. The van der Waals surface area contributed by atoms with Gasteiger partial charge in [-0.15, -0.1) is 0 Å². The molecule has 2 N–H and O–H groups in total. The lowest BCUT2D eigenvalue weighted by molar-refractivity contribution is -0.126. The van der Waals surface area contributed by atoms with E-state index >= 15 is 0 Å². The average Bonchev–Trinajstić information content (AvgIpc) is 2.48. The molecule has 5 nitrogen and oxygen atoms in total. The molecule has 6 heteroatoms. The number of anilines is 1. The summed E-state index contributed by atoms with van der Waals surface area (Å²) in [5.74, 6) is -0.0903. The van der Waals surface area contributed by atoms with Gasteiger partial charge in [-0.25, -0.2) is 4.79 Å². The molecule has 1 aliphatic carbocycles. The van der Waals surface area contributed by atoms with Gasteiger partial charge in [0, 0.05) is 6.04 Å². The number of nitrogens with one attached hydrogen (secondary N) is 2. The molecule has 1 heterocycles. The van der Waals surface area contributed by atoms with Gasteiger partial charge in [-0.05, 0) is 25.0 Å². The fourth-order valence-electron chi connectivity index (χ4n) is 3.15. The maximum Gasteiger partial charge on any atom is 0.322 e. The Morgan fingerprint density at radius 3 is 2.86 bits per heavy atom. The highest BCUT2D eigenvalue weighted by atomic mass is 35.5. The van der Waals surface area contributed by atoms with E-state index in [1.807, 2.05) is 12.1 Å². The minimum Gasteiger partial charge on any atom is -0.350 e. The largest absolute Gasteiger partial charge is 0.350 e. The van der Waals surface area contributed by atoms with Crippen molar-refractivity contribution in [2.45, 2.75) is 37.8 Å². The number of urea groups is 1. The summed E-state index contributed by atoms with van der Waals surface area (Å²) < 4.78 is 0. The number of rotatable bonds is 1. The van der Waals surface area contributed by atoms with Crippen LogP contribution in [0.25, 0.3) is 0 Å². The average molecular weight is 308 g/mol. The van der Waals surface area contributed by atoms with E-state index in [4.69, 9.17) is 11.6 Å². The van der Waals surface area contributed by atoms with Crippen LogP contribution in [-0.2, 0) is 4.79 Å². The van der Waals surface area contributed by atoms with Gasteiger partial charge >= 0.3 is 6.03 Å². The van der Waals surface area contributed by atoms with Gasteiger partial charge in [-0.1, -0.05) is 36.6 Å². The first-order valence-corrected chi connectivity index (χ1v) is 7.64. The molecule has 1 saturated carbocycles. The number of fused-ring (bicyclic) bond motifs is 1. The standard InChI is InChI=1S/C15H18ClN3O2/c16-10-5-1-2-6-11(10)18-15(21)19-9-14(20)17-12-7-3-4-8-13(12)19/h1-2,5-6,12-13H,3-4,7-9H2,(H,17,20)(H,18,21)/t12-,13-/m0/s1. The Morgan fingerprint density at radius 1 is 1.29 bits per heavy atom. The Kier molecular flexibility index (Phi) is 4.01. The number of amides is 3. The topological polar surface area (TPSA) is 61.4 Å². The van der Waals surface area contributed by atoms with Crippen molar-refractivity contribution >= 4 is 29.2 Å². The molecular weight excluding hydrogens is 290 g/mol. The highest BCUT2D eigenvalue weighted by molar-refractivity contribution is 6.33. The van der Waals surface area contributed by atoms with Crippen LogP contribution in [0.4, 0.5) is 10.5 Å². The molecule has 0 bridgehead atoms. The number of benzene rings is 1. The van der Waals surface area contributed by atoms with E-state index in [1.165, 1.54) is 0 Å². The van der Waals surface area contributed by atoms with Gasteiger partial charge in [0.25, 0.3) is 0 Å². The Balaban J connectivity index is 1.76. The van der Waals surface area contributed by atoms with Gasteiger partial charge in [-0.3, -0.25) is 4.79 Å². The van der Waals surface area contributed by atoms with Crippen LogP contribution in [0.5, 0.6) is 0 Å². The van der Waals surface area contributed by atoms with Gasteiger partial charge in [0.15, 0.2) is 0 Å². The van der Waals surface area contributed by atoms with E-state index in [2.05, 4.69) is 10.6 Å². The Hall–Kier alpha value is -1.75. The number of para-hydroxylation sites is 1. The molecule has 0 aromatic heterocycles. The fourth-order valence-corrected chi connectivity index (χ4v) is 3.33. The van der Waals surface area contributed by atoms with Crippen LogP contribution in [-0.4, -0.2) is 35.5 Å². The molecule has 1 aromatic carbocycles. The van der Waals surface area contributed by atoms with E-state index < -0.39 is 0 Å². The van der Waals surface area contributed by atoms with Gasteiger partial charge < -0.3 is 15.5 Å². The molecule has 0 spiro atoms. The van der Waals surface area contributed by atoms with Gasteiger partial charge in [0.05, 0.1) is 16.8 Å². The van der Waals surface area contributed by atoms with Crippen molar-refractivity contribution in [1.29, 1.82) is 0 Å². The van der Waals surface area contributed by atoms with Crippen molar-refractivity contribution in [3.63, 3.8) is 0 Å². The lowest BCUT2D eigenvalue weighted by atomic mass is 9.87. The maximum atomic E-state index is 12.5. The maximum absolute atomic E-state index is 12.5. The number of carbonyl (C=O) groups is 2. The summed E-state index contributed by atoms with van der Waals surface area (Å²) in [5.41, 5.74) is 0.572. The highest BCUT2D eigenvalue weighted by Crippen LogP contribution is 2.27. The van der Waals surface area contributed by atoms with Crippen molar-refractivity contribution in [1.82, 2.24) is 10.2 Å². The zero-order valence-corrected chi connectivity index (χ0v) is 12.4. The summed E-state index contributed by atoms with van der Waals surface area (Å²) in [5, 5.41) is 6.29. The van der Waals surface area contributed by atoms with E-state index in [0.717, 1.165) is 25.7 Å². The lowest BCUT2D eigenvalue weighted by Crippen LogP contribution is -2.63. The molecule has 21 heavy (non-hydrogen) atoms. The third-order valence-corrected chi connectivity index (χ3v) is 4.50. The van der Waals surface area contributed by atoms with Crippen LogP contribution in [0.15, 0.2) is 24.3 Å². The van der Waals surface area contributed by atoms with Gasteiger partial charge in [0.1, 0.15) is 6.54 Å². The number of piperazine rings is 1. The summed E-state index contributed by atoms with van der Waals surface area (Å²) in [6.07, 6.45) is 4.06. The number of nitrogens with zero attached hydrogens (tertiary/aromatic N) is 1. The number of halogens is 1. The normalized spacial score (nSPS) is 25.0. The first-order chi connectivity index (χ1) is 10.1. The predicted octanol–water partition coefficient (Wildman–Crippen LogP) is 2.61. The zero-order chi connectivity index (χ0) is 14.8. The number of hydrogen-bond acceptors (Lipinski definition) is 2. The molecule has 3 amide bonds. The quantitative estimate of drug-likeness (QED) is 0.838. The summed E-state index contributed by atoms with van der Waals surface area (Å²) in [6.45, 7) is 0.109. The molecule has 1 aliphatic heterocycles. The molecular formula is C15H18ClN3O2. The van der Waals surface area contributed by atoms with Gasteiger partial charge in [-0.2, -0.15) is 0 Å². The first-order valence-electron chi connectivity index (χ1n) is 7.26. The second-order valence-electron chi connectivity index (χ2n) is 5.56. The molecule has 2 aliphatic rings. The zero-order valence-electron chi connectivity index (χ0n) is 11.6. The molecule has 1 saturated heterocycles. The lowest BCUT2D eigenvalue weighted by Gasteiger charge is -2.43. The minimum atomic E-state index is -0.255. The SMILES string of the molecule is O=C1CN(C(=O)Nc2ccccc2Cl)[C@H]2CCCC[C@@H]2N1. The van der Waals surface area contributed by atoms with E-state index in [1.54, 1.807) is 17.0 Å². The fraction of sp³-hybridized carbons (Fsp3) is 0.467. The van der Waals surface area contributed by atoms with Crippen LogP contribution >= 0.6 is 11.6 Å². The molecule has 1 aromatic rings. The summed E-state index contributed by atoms with van der Waals surface area (Å²) in [7, 11) is 0. The minimum absolute atomic E-state index is 0.0806. The molecule has 0 radical (unpaired) electrons. The molecule has 0 unspecified atom stereocenters. The van der Waals surface area contributed by atoms with Crippen molar-refractivity contribution < 1.29 is 9.59 Å². The van der Waals surface area contributed by atoms with Crippen molar-refractivity contribution in [3.05, 3.63) is 29.3 Å². The molecule has 2 atom stereocenters. The Morgan fingerprint density at radius 2 is 2.05 bits per heavy atom. The highest BCUT2D eigenvalue weighted by Gasteiger charge is 2.38. The first kappa shape index (κ1) is 14.2. The number of hydrogen-bond donors (Lipinski definition) is 2. The Bertz CT molecular complexity index is 564. The summed E-state index contributed by atoms with van der Waals surface area (Å²) in [4.78, 5) is 25.9. The Labute approximate surface area is 128 Å². The van der Waals surface area contributed by atoms with Crippen LogP contribution < -0.4 is 10.6 Å². The van der Waals surface area contributed by atoms with Crippen LogP contribution in [0.2, 0.25) is 5.02 Å². The van der Waals surface area contributed by atoms with Crippen LogP contribution in [0.3, 0.4) is 0 Å². The molecule has 112 valence electrons. The monoisotopic (exact) mass is 307 g/mol. The van der Waals surface area contributed by atoms with Crippen molar-refractivity contribution in [2.75, 3.05) is 11.9 Å². The second kappa shape index (κ2) is 5.93. The third kappa shape index (κ3) is 2.97. The molecule has 2 fully saturated rings. The summed E-state index contributed by atoms with van der Waals surface area (Å²) >= 11 is 6.06.